The van der Waals surface area contributed by atoms with Gasteiger partial charge in [0.1, 0.15) is 30.2 Å². The number of rotatable bonds is 8. The highest BCUT2D eigenvalue weighted by atomic mass is 16.7. The molecule has 10 nitrogen and oxygen atoms in total. The van der Waals surface area contributed by atoms with E-state index in [1.54, 1.807) is 0 Å². The van der Waals surface area contributed by atoms with Crippen molar-refractivity contribution in [3.63, 3.8) is 0 Å². The van der Waals surface area contributed by atoms with Crippen LogP contribution in [0.5, 0.6) is 17.2 Å². The molecule has 0 amide bonds. The molecule has 5 N–H and O–H groups in total. The van der Waals surface area contributed by atoms with Gasteiger partial charge in [-0.15, -0.1) is 0 Å². The van der Waals surface area contributed by atoms with E-state index in [-0.39, 0.29) is 35.8 Å². The number of ether oxygens (including phenoxy) is 4. The highest BCUT2D eigenvalue weighted by Crippen LogP contribution is 2.37. The van der Waals surface area contributed by atoms with Crippen LogP contribution in [0.4, 0.5) is 0 Å². The Bertz CT molecular complexity index is 647. The monoisotopic (exact) mass is 388 g/mol. The van der Waals surface area contributed by atoms with Gasteiger partial charge in [0.2, 0.25) is 6.29 Å². The van der Waals surface area contributed by atoms with Crippen LogP contribution in [0.25, 0.3) is 0 Å². The zero-order valence-electron chi connectivity index (χ0n) is 14.9. The van der Waals surface area contributed by atoms with E-state index >= 15 is 0 Å². The number of carbonyl (C=O) groups is 1. The Morgan fingerprint density at radius 1 is 1.00 bits per heavy atom. The molecule has 1 aliphatic heterocycles. The van der Waals surface area contributed by atoms with Gasteiger partial charge in [0.25, 0.3) is 0 Å². The number of hydrogen-bond acceptors (Lipinski definition) is 10. The molecule has 5 atom stereocenters. The van der Waals surface area contributed by atoms with Crippen molar-refractivity contribution >= 4 is 5.78 Å². The SMILES string of the molecule is COc1cc(OC2OC(CO)C(O)C(O)C2O)c(C(=O)CCO)cc1OC. The smallest absolute Gasteiger partial charge is 0.229 e. The lowest BCUT2D eigenvalue weighted by Gasteiger charge is -2.39. The van der Waals surface area contributed by atoms with Crippen LogP contribution < -0.4 is 14.2 Å². The van der Waals surface area contributed by atoms with Crippen LogP contribution >= 0.6 is 0 Å². The van der Waals surface area contributed by atoms with Crippen LogP contribution in [0.3, 0.4) is 0 Å². The van der Waals surface area contributed by atoms with Crippen molar-refractivity contribution in [2.45, 2.75) is 37.1 Å². The minimum atomic E-state index is -1.64. The molecule has 5 unspecified atom stereocenters. The van der Waals surface area contributed by atoms with Crippen molar-refractivity contribution in [3.8, 4) is 17.2 Å². The molecular formula is C17H24O10. The summed E-state index contributed by atoms with van der Waals surface area (Å²) in [4.78, 5) is 12.3. The third-order valence-corrected chi connectivity index (χ3v) is 4.22. The third kappa shape index (κ3) is 4.49. The number of hydrogen-bond donors (Lipinski definition) is 5. The zero-order chi connectivity index (χ0) is 20.1. The van der Waals surface area contributed by atoms with Gasteiger partial charge in [-0.2, -0.15) is 0 Å². The number of aliphatic hydroxyl groups excluding tert-OH is 5. The van der Waals surface area contributed by atoms with Crippen LogP contribution in [0.15, 0.2) is 12.1 Å². The maximum atomic E-state index is 12.3. The molecule has 1 aromatic carbocycles. The number of aliphatic hydroxyl groups is 5. The number of methoxy groups -OCH3 is 2. The summed E-state index contributed by atoms with van der Waals surface area (Å²) >= 11 is 0. The highest BCUT2D eigenvalue weighted by molar-refractivity contribution is 5.99. The van der Waals surface area contributed by atoms with Crippen LogP contribution in [-0.2, 0) is 4.74 Å². The van der Waals surface area contributed by atoms with E-state index in [0.29, 0.717) is 0 Å². The summed E-state index contributed by atoms with van der Waals surface area (Å²) < 4.78 is 21.2. The molecule has 1 heterocycles. The van der Waals surface area contributed by atoms with Gasteiger partial charge < -0.3 is 44.5 Å². The molecule has 27 heavy (non-hydrogen) atoms. The van der Waals surface area contributed by atoms with Gasteiger partial charge in [-0.05, 0) is 6.07 Å². The molecule has 1 aliphatic rings. The van der Waals surface area contributed by atoms with E-state index in [2.05, 4.69) is 0 Å². The molecule has 152 valence electrons. The molecule has 1 aromatic rings. The average Bonchev–Trinajstić information content (AvgIpc) is 2.67. The van der Waals surface area contributed by atoms with E-state index in [4.69, 9.17) is 24.1 Å². The van der Waals surface area contributed by atoms with Gasteiger partial charge in [-0.1, -0.05) is 0 Å². The minimum absolute atomic E-state index is 0.0404. The summed E-state index contributed by atoms with van der Waals surface area (Å²) in [6, 6.07) is 2.70. The Balaban J connectivity index is 2.39. The second-order valence-corrected chi connectivity index (χ2v) is 5.92. The summed E-state index contributed by atoms with van der Waals surface area (Å²) in [6.07, 6.45) is -7.62. The first-order valence-corrected chi connectivity index (χ1v) is 8.25. The van der Waals surface area contributed by atoms with E-state index in [0.717, 1.165) is 0 Å². The summed E-state index contributed by atoms with van der Waals surface area (Å²) in [5.41, 5.74) is 0.0404. The van der Waals surface area contributed by atoms with E-state index < -0.39 is 43.1 Å². The summed E-state index contributed by atoms with van der Waals surface area (Å²) in [5.74, 6) is -0.0222. The fourth-order valence-corrected chi connectivity index (χ4v) is 2.70. The molecule has 0 radical (unpaired) electrons. The number of Topliss-reactive ketones (excluding diaryl/α,β-unsaturated/α-hetero) is 1. The van der Waals surface area contributed by atoms with E-state index in [1.165, 1.54) is 26.4 Å². The average molecular weight is 388 g/mol. The predicted molar refractivity (Wildman–Crippen MR) is 90.0 cm³/mol. The molecule has 2 rings (SSSR count). The van der Waals surface area contributed by atoms with Crippen LogP contribution in [-0.4, -0.2) is 89.5 Å². The van der Waals surface area contributed by atoms with Gasteiger partial charge in [0.05, 0.1) is 33.0 Å². The molecule has 10 heteroatoms. The Labute approximate surface area is 155 Å². The predicted octanol–water partition coefficient (Wildman–Crippen LogP) is -1.55. The molecule has 1 fully saturated rings. The first kappa shape index (κ1) is 21.4. The lowest BCUT2D eigenvalue weighted by Crippen LogP contribution is -2.60. The molecular weight excluding hydrogens is 364 g/mol. The lowest BCUT2D eigenvalue weighted by atomic mass is 9.99. The number of carbonyl (C=O) groups excluding carboxylic acids is 1. The van der Waals surface area contributed by atoms with Crippen molar-refractivity contribution in [2.75, 3.05) is 27.4 Å². The van der Waals surface area contributed by atoms with E-state index in [9.17, 15) is 25.2 Å². The Kier molecular flexibility index (Phi) is 7.36. The van der Waals surface area contributed by atoms with Crippen molar-refractivity contribution in [2.24, 2.45) is 0 Å². The van der Waals surface area contributed by atoms with Crippen molar-refractivity contribution < 1.29 is 49.3 Å². The van der Waals surface area contributed by atoms with Crippen LogP contribution in [0.1, 0.15) is 16.8 Å². The third-order valence-electron chi connectivity index (χ3n) is 4.22. The normalized spacial score (nSPS) is 27.9. The second kappa shape index (κ2) is 9.31. The Morgan fingerprint density at radius 3 is 2.19 bits per heavy atom. The van der Waals surface area contributed by atoms with Gasteiger partial charge in [0.15, 0.2) is 17.3 Å². The number of benzene rings is 1. The van der Waals surface area contributed by atoms with Gasteiger partial charge in [0, 0.05) is 12.5 Å². The largest absolute Gasteiger partial charge is 0.493 e. The maximum Gasteiger partial charge on any atom is 0.229 e. The van der Waals surface area contributed by atoms with Crippen molar-refractivity contribution in [1.82, 2.24) is 0 Å². The fraction of sp³-hybridized carbons (Fsp3) is 0.588. The van der Waals surface area contributed by atoms with Gasteiger partial charge >= 0.3 is 0 Å². The van der Waals surface area contributed by atoms with Crippen LogP contribution in [0.2, 0.25) is 0 Å². The number of ketones is 1. The summed E-state index contributed by atoms with van der Waals surface area (Å²) in [6.45, 7) is -1.00. The maximum absolute atomic E-state index is 12.3. The van der Waals surface area contributed by atoms with Crippen molar-refractivity contribution in [1.29, 1.82) is 0 Å². The molecule has 1 saturated heterocycles. The molecule has 0 bridgehead atoms. The van der Waals surface area contributed by atoms with Gasteiger partial charge in [-0.25, -0.2) is 0 Å². The van der Waals surface area contributed by atoms with Gasteiger partial charge in [-0.3, -0.25) is 4.79 Å². The zero-order valence-corrected chi connectivity index (χ0v) is 14.9. The highest BCUT2D eigenvalue weighted by Gasteiger charge is 2.45. The fourth-order valence-electron chi connectivity index (χ4n) is 2.70. The molecule has 0 aromatic heterocycles. The lowest BCUT2D eigenvalue weighted by molar-refractivity contribution is -0.277. The Morgan fingerprint density at radius 2 is 1.63 bits per heavy atom. The first-order chi connectivity index (χ1) is 12.9. The standard InChI is InChI=1S/C17H24O10/c1-24-11-5-8(9(20)3-4-18)10(6-12(11)25-2)26-17-16(23)15(22)14(21)13(7-19)27-17/h5-6,13-19,21-23H,3-4,7H2,1-2H3. The second-order valence-electron chi connectivity index (χ2n) is 5.92. The minimum Gasteiger partial charge on any atom is -0.493 e. The molecule has 0 spiro atoms. The Hall–Kier alpha value is -1.95. The quantitative estimate of drug-likeness (QED) is 0.330. The van der Waals surface area contributed by atoms with E-state index in [1.807, 2.05) is 0 Å². The van der Waals surface area contributed by atoms with Crippen molar-refractivity contribution in [3.05, 3.63) is 17.7 Å². The first-order valence-electron chi connectivity index (χ1n) is 8.25. The van der Waals surface area contributed by atoms with Crippen LogP contribution in [0, 0.1) is 0 Å². The summed E-state index contributed by atoms with van der Waals surface area (Å²) in [5, 5.41) is 48.1. The topological polar surface area (TPSA) is 155 Å². The molecule has 0 aliphatic carbocycles. The molecule has 0 saturated carbocycles. The summed E-state index contributed by atoms with van der Waals surface area (Å²) in [7, 11) is 2.76.